The standard InChI is InChI=1S/C16H22ClNO2/c1-3-15(20-14-8-4-7-13(17)10-14)16(19)18-9-5-6-12(2)11-18/h4,7-8,10,12,15H,3,5-6,9,11H2,1-2H3. The number of benzene rings is 1. The fourth-order valence-corrected chi connectivity index (χ4v) is 2.79. The maximum Gasteiger partial charge on any atom is 0.263 e. The Balaban J connectivity index is 2.02. The average Bonchev–Trinajstić information content (AvgIpc) is 2.44. The molecule has 1 aliphatic rings. The van der Waals surface area contributed by atoms with Gasteiger partial charge in [-0.1, -0.05) is 31.5 Å². The van der Waals surface area contributed by atoms with Crippen molar-refractivity contribution in [3.8, 4) is 5.75 Å². The van der Waals surface area contributed by atoms with Crippen LogP contribution in [0.4, 0.5) is 0 Å². The maximum atomic E-state index is 12.5. The van der Waals surface area contributed by atoms with Gasteiger partial charge in [0, 0.05) is 18.1 Å². The summed E-state index contributed by atoms with van der Waals surface area (Å²) >= 11 is 5.94. The fraction of sp³-hybridized carbons (Fsp3) is 0.562. The van der Waals surface area contributed by atoms with Gasteiger partial charge in [-0.2, -0.15) is 0 Å². The minimum Gasteiger partial charge on any atom is -0.481 e. The number of hydrogen-bond donors (Lipinski definition) is 0. The molecule has 0 N–H and O–H groups in total. The summed E-state index contributed by atoms with van der Waals surface area (Å²) in [6.45, 7) is 5.85. The number of nitrogens with zero attached hydrogens (tertiary/aromatic N) is 1. The molecule has 2 rings (SSSR count). The molecule has 110 valence electrons. The van der Waals surface area contributed by atoms with E-state index in [4.69, 9.17) is 16.3 Å². The monoisotopic (exact) mass is 295 g/mol. The van der Waals surface area contributed by atoms with Crippen LogP contribution in [-0.2, 0) is 4.79 Å². The second kappa shape index (κ2) is 6.98. The molecule has 20 heavy (non-hydrogen) atoms. The first-order chi connectivity index (χ1) is 9.60. The molecular formula is C16H22ClNO2. The molecule has 0 saturated carbocycles. The van der Waals surface area contributed by atoms with Crippen molar-refractivity contribution in [3.05, 3.63) is 29.3 Å². The summed E-state index contributed by atoms with van der Waals surface area (Å²) in [6.07, 6.45) is 2.53. The summed E-state index contributed by atoms with van der Waals surface area (Å²) in [6, 6.07) is 7.21. The van der Waals surface area contributed by atoms with Crippen molar-refractivity contribution in [1.29, 1.82) is 0 Å². The van der Waals surface area contributed by atoms with Gasteiger partial charge in [0.2, 0.25) is 0 Å². The smallest absolute Gasteiger partial charge is 0.263 e. The Kier molecular flexibility index (Phi) is 5.30. The van der Waals surface area contributed by atoms with Gasteiger partial charge in [-0.15, -0.1) is 0 Å². The normalized spacial score (nSPS) is 20.6. The van der Waals surface area contributed by atoms with Crippen LogP contribution in [0.5, 0.6) is 5.75 Å². The van der Waals surface area contributed by atoms with Crippen molar-refractivity contribution in [1.82, 2.24) is 4.90 Å². The molecule has 3 nitrogen and oxygen atoms in total. The third-order valence-electron chi connectivity index (χ3n) is 3.69. The van der Waals surface area contributed by atoms with Crippen LogP contribution in [0.1, 0.15) is 33.1 Å². The van der Waals surface area contributed by atoms with Crippen LogP contribution in [0, 0.1) is 5.92 Å². The number of ether oxygens (including phenoxy) is 1. The molecule has 0 bridgehead atoms. The largest absolute Gasteiger partial charge is 0.481 e. The van der Waals surface area contributed by atoms with E-state index < -0.39 is 6.10 Å². The SMILES string of the molecule is CCC(Oc1cccc(Cl)c1)C(=O)N1CCCC(C)C1. The quantitative estimate of drug-likeness (QED) is 0.846. The van der Waals surface area contributed by atoms with E-state index in [1.54, 1.807) is 12.1 Å². The molecule has 1 aliphatic heterocycles. The zero-order valence-electron chi connectivity index (χ0n) is 12.1. The van der Waals surface area contributed by atoms with Crippen LogP contribution in [0.15, 0.2) is 24.3 Å². The van der Waals surface area contributed by atoms with Crippen molar-refractivity contribution in [3.63, 3.8) is 0 Å². The summed E-state index contributed by atoms with van der Waals surface area (Å²) in [5, 5.41) is 0.622. The van der Waals surface area contributed by atoms with Gasteiger partial charge in [0.25, 0.3) is 5.91 Å². The zero-order chi connectivity index (χ0) is 14.5. The highest BCUT2D eigenvalue weighted by molar-refractivity contribution is 6.30. The Labute approximate surface area is 125 Å². The van der Waals surface area contributed by atoms with Gasteiger partial charge in [0.15, 0.2) is 6.10 Å². The first-order valence-corrected chi connectivity index (χ1v) is 7.69. The first-order valence-electron chi connectivity index (χ1n) is 7.31. The summed E-state index contributed by atoms with van der Waals surface area (Å²) in [5.74, 6) is 1.33. The van der Waals surface area contributed by atoms with Crippen LogP contribution in [0.25, 0.3) is 0 Å². The number of carbonyl (C=O) groups is 1. The van der Waals surface area contributed by atoms with Crippen LogP contribution in [-0.4, -0.2) is 30.0 Å². The van der Waals surface area contributed by atoms with E-state index in [2.05, 4.69) is 6.92 Å². The Morgan fingerprint density at radius 3 is 3.00 bits per heavy atom. The Hall–Kier alpha value is -1.22. The molecule has 2 unspecified atom stereocenters. The third-order valence-corrected chi connectivity index (χ3v) is 3.92. The molecule has 1 fully saturated rings. The van der Waals surface area contributed by atoms with E-state index in [1.807, 2.05) is 24.0 Å². The molecule has 1 heterocycles. The molecule has 0 aliphatic carbocycles. The van der Waals surface area contributed by atoms with Gasteiger partial charge in [0.05, 0.1) is 0 Å². The van der Waals surface area contributed by atoms with Gasteiger partial charge in [-0.25, -0.2) is 0 Å². The van der Waals surface area contributed by atoms with Crippen molar-refractivity contribution < 1.29 is 9.53 Å². The van der Waals surface area contributed by atoms with Crippen molar-refractivity contribution in [2.24, 2.45) is 5.92 Å². The van der Waals surface area contributed by atoms with Gasteiger partial charge >= 0.3 is 0 Å². The third kappa shape index (κ3) is 3.89. The summed E-state index contributed by atoms with van der Waals surface area (Å²) in [5.41, 5.74) is 0. The molecule has 0 radical (unpaired) electrons. The van der Waals surface area contributed by atoms with E-state index >= 15 is 0 Å². The second-order valence-electron chi connectivity index (χ2n) is 5.50. The maximum absolute atomic E-state index is 12.5. The van der Waals surface area contributed by atoms with Crippen LogP contribution in [0.2, 0.25) is 5.02 Å². The van der Waals surface area contributed by atoms with Gasteiger partial charge < -0.3 is 9.64 Å². The predicted octanol–water partition coefficient (Wildman–Crippen LogP) is 3.76. The molecule has 0 spiro atoms. The van der Waals surface area contributed by atoms with E-state index in [-0.39, 0.29) is 5.91 Å². The minimum absolute atomic E-state index is 0.0963. The molecule has 1 aromatic carbocycles. The molecule has 1 amide bonds. The van der Waals surface area contributed by atoms with Crippen molar-refractivity contribution >= 4 is 17.5 Å². The predicted molar refractivity (Wildman–Crippen MR) is 81.1 cm³/mol. The molecule has 4 heteroatoms. The van der Waals surface area contributed by atoms with E-state index in [9.17, 15) is 4.79 Å². The lowest BCUT2D eigenvalue weighted by molar-refractivity contribution is -0.140. The lowest BCUT2D eigenvalue weighted by Crippen LogP contribution is -2.46. The van der Waals surface area contributed by atoms with Crippen LogP contribution in [0.3, 0.4) is 0 Å². The fourth-order valence-electron chi connectivity index (χ4n) is 2.61. The minimum atomic E-state index is -0.418. The summed E-state index contributed by atoms with van der Waals surface area (Å²) < 4.78 is 5.82. The number of amides is 1. The number of rotatable bonds is 4. The molecule has 0 aromatic heterocycles. The van der Waals surface area contributed by atoms with Crippen molar-refractivity contribution in [2.45, 2.75) is 39.2 Å². The highest BCUT2D eigenvalue weighted by atomic mass is 35.5. The number of piperidine rings is 1. The number of carbonyl (C=O) groups excluding carboxylic acids is 1. The Morgan fingerprint density at radius 1 is 1.55 bits per heavy atom. The van der Waals surface area contributed by atoms with Gasteiger partial charge in [-0.3, -0.25) is 4.79 Å². The van der Waals surface area contributed by atoms with Gasteiger partial charge in [-0.05, 0) is 43.4 Å². The first kappa shape index (κ1) is 15.2. The van der Waals surface area contributed by atoms with E-state index in [0.717, 1.165) is 19.5 Å². The highest BCUT2D eigenvalue weighted by Gasteiger charge is 2.27. The number of likely N-dealkylation sites (tertiary alicyclic amines) is 1. The lowest BCUT2D eigenvalue weighted by Gasteiger charge is -2.33. The number of hydrogen-bond acceptors (Lipinski definition) is 2. The van der Waals surface area contributed by atoms with Crippen molar-refractivity contribution in [2.75, 3.05) is 13.1 Å². The zero-order valence-corrected chi connectivity index (χ0v) is 12.9. The van der Waals surface area contributed by atoms with Crippen LogP contribution >= 0.6 is 11.6 Å². The summed E-state index contributed by atoms with van der Waals surface area (Å²) in [4.78, 5) is 14.5. The Bertz CT molecular complexity index is 464. The molecule has 2 atom stereocenters. The van der Waals surface area contributed by atoms with Gasteiger partial charge in [0.1, 0.15) is 5.75 Å². The van der Waals surface area contributed by atoms with E-state index in [1.165, 1.54) is 6.42 Å². The van der Waals surface area contributed by atoms with E-state index in [0.29, 0.717) is 23.1 Å². The number of halogens is 1. The molecule has 1 saturated heterocycles. The average molecular weight is 296 g/mol. The Morgan fingerprint density at radius 2 is 2.35 bits per heavy atom. The highest BCUT2D eigenvalue weighted by Crippen LogP contribution is 2.21. The lowest BCUT2D eigenvalue weighted by atomic mass is 9.99. The molecule has 1 aromatic rings. The second-order valence-corrected chi connectivity index (χ2v) is 5.94. The topological polar surface area (TPSA) is 29.5 Å². The van der Waals surface area contributed by atoms with Crippen LogP contribution < -0.4 is 4.74 Å². The summed E-state index contributed by atoms with van der Waals surface area (Å²) in [7, 11) is 0. The molecular weight excluding hydrogens is 274 g/mol.